The van der Waals surface area contributed by atoms with Crippen LogP contribution in [0.25, 0.3) is 0 Å². The van der Waals surface area contributed by atoms with Crippen molar-refractivity contribution in [3.8, 4) is 0 Å². The largest absolute Gasteiger partial charge is 0.483 e. The number of hydrogen-bond acceptors (Lipinski definition) is 4. The second kappa shape index (κ2) is 4.60. The zero-order chi connectivity index (χ0) is 7.98. The lowest BCUT2D eigenvalue weighted by Gasteiger charge is -1.98. The van der Waals surface area contributed by atoms with Crippen LogP contribution in [0.1, 0.15) is 6.92 Å². The molecule has 1 N–H and O–H groups in total. The van der Waals surface area contributed by atoms with Gasteiger partial charge in [0, 0.05) is 6.92 Å². The van der Waals surface area contributed by atoms with Gasteiger partial charge in [0.15, 0.2) is 0 Å². The summed E-state index contributed by atoms with van der Waals surface area (Å²) in [5.41, 5.74) is 2.08. The van der Waals surface area contributed by atoms with Crippen LogP contribution >= 0.6 is 0 Å². The minimum Gasteiger partial charge on any atom is -0.483 e. The molecular weight excluding hydrogens is 136 g/mol. The van der Waals surface area contributed by atoms with Crippen molar-refractivity contribution in [1.29, 1.82) is 0 Å². The second-order valence-electron chi connectivity index (χ2n) is 1.44. The normalized spacial score (nSPS) is 10.5. The van der Waals surface area contributed by atoms with Crippen molar-refractivity contribution in [2.75, 3.05) is 14.2 Å². The number of nitrogens with one attached hydrogen (secondary N) is 1. The van der Waals surface area contributed by atoms with Gasteiger partial charge in [-0.05, 0) is 0 Å². The van der Waals surface area contributed by atoms with Crippen molar-refractivity contribution >= 4 is 12.0 Å². The molecule has 0 aromatic rings. The SMILES string of the molecule is COC(=O)N/N=C(/C)OC. The highest BCUT2D eigenvalue weighted by Crippen LogP contribution is 1.75. The predicted molar refractivity (Wildman–Crippen MR) is 35.7 cm³/mol. The molecule has 0 aliphatic heterocycles. The van der Waals surface area contributed by atoms with Crippen LogP contribution in [0, 0.1) is 0 Å². The molecule has 0 atom stereocenters. The lowest BCUT2D eigenvalue weighted by atomic mass is 10.8. The molecule has 0 heterocycles. The first-order valence-electron chi connectivity index (χ1n) is 2.63. The van der Waals surface area contributed by atoms with Crippen molar-refractivity contribution in [1.82, 2.24) is 5.43 Å². The Hall–Kier alpha value is -1.26. The Kier molecular flexibility index (Phi) is 4.02. The van der Waals surface area contributed by atoms with Crippen LogP contribution < -0.4 is 5.43 Å². The van der Waals surface area contributed by atoms with Crippen LogP contribution in [0.2, 0.25) is 0 Å². The average molecular weight is 146 g/mol. The molecule has 0 aliphatic rings. The molecule has 0 rings (SSSR count). The van der Waals surface area contributed by atoms with E-state index < -0.39 is 6.09 Å². The molecule has 5 nitrogen and oxygen atoms in total. The van der Waals surface area contributed by atoms with E-state index in [-0.39, 0.29) is 0 Å². The lowest BCUT2D eigenvalue weighted by molar-refractivity contribution is 0.171. The van der Waals surface area contributed by atoms with Crippen LogP contribution in [0.3, 0.4) is 0 Å². The topological polar surface area (TPSA) is 59.9 Å². The molecule has 0 radical (unpaired) electrons. The third-order valence-electron chi connectivity index (χ3n) is 0.785. The van der Waals surface area contributed by atoms with E-state index in [2.05, 4.69) is 20.0 Å². The predicted octanol–water partition coefficient (Wildman–Crippen LogP) is 0.322. The summed E-state index contributed by atoms with van der Waals surface area (Å²) in [7, 11) is 2.71. The number of hydrogen-bond donors (Lipinski definition) is 1. The van der Waals surface area contributed by atoms with Crippen LogP contribution in [-0.4, -0.2) is 26.2 Å². The molecule has 0 aromatic carbocycles. The van der Waals surface area contributed by atoms with Crippen LogP contribution in [0.15, 0.2) is 5.10 Å². The van der Waals surface area contributed by atoms with Gasteiger partial charge in [-0.15, -0.1) is 5.10 Å². The fourth-order valence-electron chi connectivity index (χ4n) is 0.216. The first-order chi connectivity index (χ1) is 4.70. The number of hydrazone groups is 1. The molecule has 0 bridgehead atoms. The van der Waals surface area contributed by atoms with Gasteiger partial charge in [-0.1, -0.05) is 0 Å². The van der Waals surface area contributed by atoms with Gasteiger partial charge in [0.05, 0.1) is 14.2 Å². The maximum Gasteiger partial charge on any atom is 0.427 e. The molecule has 0 spiro atoms. The molecular formula is C5H10N2O3. The standard InChI is InChI=1S/C5H10N2O3/c1-4(9-2)6-7-5(8)10-3/h1-3H3,(H,7,8)/b6-4-. The third-order valence-corrected chi connectivity index (χ3v) is 0.785. The maximum absolute atomic E-state index is 10.3. The number of carbonyl (C=O) groups is 1. The van der Waals surface area contributed by atoms with Gasteiger partial charge in [-0.2, -0.15) is 0 Å². The van der Waals surface area contributed by atoms with E-state index in [0.717, 1.165) is 0 Å². The molecule has 0 saturated heterocycles. The number of rotatable bonds is 1. The van der Waals surface area contributed by atoms with Gasteiger partial charge in [-0.25, -0.2) is 10.2 Å². The number of carbonyl (C=O) groups excluding carboxylic acids is 1. The number of ether oxygens (including phenoxy) is 2. The molecule has 10 heavy (non-hydrogen) atoms. The summed E-state index contributed by atoms with van der Waals surface area (Å²) >= 11 is 0. The van der Waals surface area contributed by atoms with Gasteiger partial charge >= 0.3 is 6.09 Å². The van der Waals surface area contributed by atoms with E-state index in [1.54, 1.807) is 6.92 Å². The second-order valence-corrected chi connectivity index (χ2v) is 1.44. The molecule has 0 aliphatic carbocycles. The van der Waals surface area contributed by atoms with Crippen molar-refractivity contribution in [2.45, 2.75) is 6.92 Å². The Morgan fingerprint density at radius 2 is 2.00 bits per heavy atom. The van der Waals surface area contributed by atoms with E-state index in [4.69, 9.17) is 0 Å². The highest BCUT2D eigenvalue weighted by Gasteiger charge is 1.93. The summed E-state index contributed by atoms with van der Waals surface area (Å²) in [6, 6.07) is 0. The fourth-order valence-corrected chi connectivity index (χ4v) is 0.216. The molecule has 0 aromatic heterocycles. The average Bonchev–Trinajstić information content (AvgIpc) is 1.99. The quantitative estimate of drug-likeness (QED) is 0.329. The smallest absolute Gasteiger partial charge is 0.427 e. The summed E-state index contributed by atoms with van der Waals surface area (Å²) in [4.78, 5) is 10.3. The molecule has 0 unspecified atom stereocenters. The summed E-state index contributed by atoms with van der Waals surface area (Å²) in [6.07, 6.45) is -0.614. The number of nitrogens with zero attached hydrogens (tertiary/aromatic N) is 1. The summed E-state index contributed by atoms with van der Waals surface area (Å²) in [6.45, 7) is 1.61. The third kappa shape index (κ3) is 3.71. The Labute approximate surface area is 59.0 Å². The van der Waals surface area contributed by atoms with Gasteiger partial charge in [0.1, 0.15) is 0 Å². The molecule has 1 amide bonds. The monoisotopic (exact) mass is 146 g/mol. The molecule has 0 fully saturated rings. The maximum atomic E-state index is 10.3. The van der Waals surface area contributed by atoms with Crippen LogP contribution in [0.5, 0.6) is 0 Å². The Morgan fingerprint density at radius 1 is 1.40 bits per heavy atom. The van der Waals surface area contributed by atoms with E-state index >= 15 is 0 Å². The Morgan fingerprint density at radius 3 is 2.40 bits per heavy atom. The van der Waals surface area contributed by atoms with Crippen molar-refractivity contribution in [2.24, 2.45) is 5.10 Å². The minimum atomic E-state index is -0.614. The lowest BCUT2D eigenvalue weighted by Crippen LogP contribution is -2.18. The van der Waals surface area contributed by atoms with Crippen molar-refractivity contribution < 1.29 is 14.3 Å². The highest BCUT2D eigenvalue weighted by molar-refractivity contribution is 5.75. The van der Waals surface area contributed by atoms with Gasteiger partial charge in [-0.3, -0.25) is 0 Å². The number of methoxy groups -OCH3 is 2. The first kappa shape index (κ1) is 8.74. The zero-order valence-electron chi connectivity index (χ0n) is 6.17. The van der Waals surface area contributed by atoms with Gasteiger partial charge < -0.3 is 9.47 Å². The molecule has 0 saturated carbocycles. The van der Waals surface area contributed by atoms with E-state index in [1.165, 1.54) is 14.2 Å². The van der Waals surface area contributed by atoms with Crippen molar-refractivity contribution in [3.63, 3.8) is 0 Å². The number of amides is 1. The molecule has 58 valence electrons. The summed E-state index contributed by atoms with van der Waals surface area (Å²) < 4.78 is 8.86. The Balaban J connectivity index is 3.61. The zero-order valence-corrected chi connectivity index (χ0v) is 6.17. The van der Waals surface area contributed by atoms with E-state index in [9.17, 15) is 4.79 Å². The Bertz CT molecular complexity index is 144. The van der Waals surface area contributed by atoms with E-state index in [0.29, 0.717) is 5.90 Å². The van der Waals surface area contributed by atoms with Gasteiger partial charge in [0.2, 0.25) is 5.90 Å². The first-order valence-corrected chi connectivity index (χ1v) is 2.63. The summed E-state index contributed by atoms with van der Waals surface area (Å²) in [5.74, 6) is 0.366. The fraction of sp³-hybridized carbons (Fsp3) is 0.600. The highest BCUT2D eigenvalue weighted by atomic mass is 16.5. The summed E-state index contributed by atoms with van der Waals surface area (Å²) in [5, 5.41) is 3.48. The van der Waals surface area contributed by atoms with Crippen LogP contribution in [0.4, 0.5) is 4.79 Å². The molecule has 5 heteroatoms. The van der Waals surface area contributed by atoms with E-state index in [1.807, 2.05) is 0 Å². The minimum absolute atomic E-state index is 0.366. The van der Waals surface area contributed by atoms with Crippen LogP contribution in [-0.2, 0) is 9.47 Å². The van der Waals surface area contributed by atoms with Gasteiger partial charge in [0.25, 0.3) is 0 Å². The van der Waals surface area contributed by atoms with Crippen molar-refractivity contribution in [3.05, 3.63) is 0 Å².